The van der Waals surface area contributed by atoms with Gasteiger partial charge in [-0.2, -0.15) is 0 Å². The molecule has 0 saturated carbocycles. The molecule has 0 aromatic carbocycles. The molecule has 2 unspecified atom stereocenters. The van der Waals surface area contributed by atoms with Crippen LogP contribution in [0.1, 0.15) is 6.92 Å². The van der Waals surface area contributed by atoms with Gasteiger partial charge in [0.25, 0.3) is 0 Å². The number of rotatable bonds is 2. The smallest absolute Gasteiger partial charge is 0.178 e. The molecule has 0 aromatic rings. The van der Waals surface area contributed by atoms with Gasteiger partial charge in [0.05, 0.1) is 24.6 Å². The minimum atomic E-state index is -1.20. The van der Waals surface area contributed by atoms with Crippen molar-refractivity contribution in [1.82, 2.24) is 15.4 Å². The van der Waals surface area contributed by atoms with Gasteiger partial charge in [0.2, 0.25) is 0 Å². The van der Waals surface area contributed by atoms with Crippen LogP contribution in [-0.4, -0.2) is 81.2 Å². The maximum Gasteiger partial charge on any atom is 0.178 e. The Morgan fingerprint density at radius 3 is 2.96 bits per heavy atom. The average Bonchev–Trinajstić information content (AvgIpc) is 2.97. The van der Waals surface area contributed by atoms with Crippen LogP contribution in [0.15, 0.2) is 21.9 Å². The number of hydrogen-bond donors (Lipinski definition) is 5. The monoisotopic (exact) mass is 324 g/mol. The van der Waals surface area contributed by atoms with Gasteiger partial charge in [-0.1, -0.05) is 0 Å². The topological polar surface area (TPSA) is 139 Å². The van der Waals surface area contributed by atoms with Crippen molar-refractivity contribution >= 4 is 12.2 Å². The fourth-order valence-corrected chi connectivity index (χ4v) is 3.59. The highest BCUT2D eigenvalue weighted by Gasteiger charge is 2.57. The molecule has 6 atom stereocenters. The molecule has 2 bridgehead atoms. The zero-order valence-electron chi connectivity index (χ0n) is 12.6. The van der Waals surface area contributed by atoms with Gasteiger partial charge in [0, 0.05) is 0 Å². The summed E-state index contributed by atoms with van der Waals surface area (Å²) in [6, 6.07) is -0.0831. The van der Waals surface area contributed by atoms with E-state index in [0.717, 1.165) is 0 Å². The second-order valence-electron chi connectivity index (χ2n) is 6.30. The fourth-order valence-electron chi connectivity index (χ4n) is 3.59. The number of nitrogens with two attached hydrogens (primary N) is 1. The molecule has 4 heterocycles. The quantitative estimate of drug-likeness (QED) is 0.341. The summed E-state index contributed by atoms with van der Waals surface area (Å²) in [6.07, 6.45) is -0.678. The Kier molecular flexibility index (Phi) is 3.15. The number of aliphatic hydroxyl groups excluding tert-OH is 3. The number of amidine groups is 1. The van der Waals surface area contributed by atoms with E-state index in [-0.39, 0.29) is 12.6 Å². The molecule has 23 heavy (non-hydrogen) atoms. The third-order valence-corrected chi connectivity index (χ3v) is 5.00. The fraction of sp³-hybridized carbons (Fsp3) is 0.692. The Labute approximate surface area is 132 Å². The first-order chi connectivity index (χ1) is 11.0. The van der Waals surface area contributed by atoms with Gasteiger partial charge in [-0.25, -0.2) is 15.8 Å². The van der Waals surface area contributed by atoms with E-state index < -0.39 is 30.0 Å². The van der Waals surface area contributed by atoms with Crippen molar-refractivity contribution in [3.05, 3.63) is 11.9 Å². The highest BCUT2D eigenvalue weighted by atomic mass is 16.6. The molecule has 0 amide bonds. The standard InChI is InChI=1S/C13H20N6O4/c1-6-13-2-8(18(14)4-13)17-19(12(13)16-5-15-6)11-10(22)9(21)7(3-20)23-11/h2,5-7,9-11,17,20-22H,3-4,14H2,1H3/t6?,7-,9-,10-,11-,13?/m1/s1. The zero-order valence-corrected chi connectivity index (χ0v) is 12.6. The average molecular weight is 324 g/mol. The molecule has 6 N–H and O–H groups in total. The Balaban J connectivity index is 1.72. The van der Waals surface area contributed by atoms with Gasteiger partial charge in [0.15, 0.2) is 6.23 Å². The molecule has 0 radical (unpaired) electrons. The van der Waals surface area contributed by atoms with Crippen molar-refractivity contribution < 1.29 is 20.1 Å². The summed E-state index contributed by atoms with van der Waals surface area (Å²) in [4.78, 5) is 8.73. The molecule has 0 aromatic heterocycles. The van der Waals surface area contributed by atoms with Crippen LogP contribution in [0, 0.1) is 5.41 Å². The van der Waals surface area contributed by atoms with Crippen LogP contribution in [0.4, 0.5) is 0 Å². The number of ether oxygens (including phenoxy) is 1. The van der Waals surface area contributed by atoms with Crippen LogP contribution in [0.2, 0.25) is 0 Å². The molecular weight excluding hydrogens is 304 g/mol. The third-order valence-electron chi connectivity index (χ3n) is 5.00. The summed E-state index contributed by atoms with van der Waals surface area (Å²) in [6.45, 7) is 2.08. The number of hydrazine groups is 2. The maximum absolute atomic E-state index is 10.3. The van der Waals surface area contributed by atoms with Crippen LogP contribution in [-0.2, 0) is 4.74 Å². The van der Waals surface area contributed by atoms with E-state index in [1.807, 2.05) is 13.0 Å². The Morgan fingerprint density at radius 2 is 2.26 bits per heavy atom. The number of aliphatic imine (C=N–C) groups is 2. The van der Waals surface area contributed by atoms with E-state index in [4.69, 9.17) is 10.6 Å². The molecule has 4 aliphatic heterocycles. The van der Waals surface area contributed by atoms with Crippen molar-refractivity contribution in [3.63, 3.8) is 0 Å². The summed E-state index contributed by atoms with van der Waals surface area (Å²) in [7, 11) is 0. The molecule has 10 heteroatoms. The lowest BCUT2D eigenvalue weighted by Crippen LogP contribution is -2.61. The van der Waals surface area contributed by atoms with E-state index in [2.05, 4.69) is 15.4 Å². The SMILES string of the molecule is CC1N=CN=C2N([C@@H]3O[C@H](CO)[C@@H](O)[C@H]3O)NC3=CC21CN3N. The van der Waals surface area contributed by atoms with E-state index in [1.165, 1.54) is 6.34 Å². The van der Waals surface area contributed by atoms with Crippen molar-refractivity contribution in [3.8, 4) is 0 Å². The molecule has 4 rings (SSSR count). The lowest BCUT2D eigenvalue weighted by molar-refractivity contribution is -0.0875. The predicted molar refractivity (Wildman–Crippen MR) is 79.5 cm³/mol. The molecule has 10 nitrogen and oxygen atoms in total. The first-order valence-electron chi connectivity index (χ1n) is 7.51. The lowest BCUT2D eigenvalue weighted by Gasteiger charge is -2.43. The van der Waals surface area contributed by atoms with Crippen LogP contribution < -0.4 is 11.3 Å². The first-order valence-corrected chi connectivity index (χ1v) is 7.51. The largest absolute Gasteiger partial charge is 0.394 e. The minimum Gasteiger partial charge on any atom is -0.394 e. The molecule has 1 spiro atoms. The third kappa shape index (κ3) is 1.86. The molecule has 126 valence electrons. The number of nitrogens with one attached hydrogen (secondary N) is 1. The van der Waals surface area contributed by atoms with Crippen LogP contribution in [0.5, 0.6) is 0 Å². The number of nitrogens with zero attached hydrogens (tertiary/aromatic N) is 4. The van der Waals surface area contributed by atoms with Gasteiger partial charge < -0.3 is 20.1 Å². The highest BCUT2D eigenvalue weighted by Crippen LogP contribution is 2.42. The molecule has 1 saturated heterocycles. The van der Waals surface area contributed by atoms with Crippen LogP contribution in [0.3, 0.4) is 0 Å². The van der Waals surface area contributed by atoms with E-state index in [9.17, 15) is 15.3 Å². The van der Waals surface area contributed by atoms with Gasteiger partial charge in [-0.05, 0) is 13.0 Å². The van der Waals surface area contributed by atoms with Crippen molar-refractivity contribution in [1.29, 1.82) is 0 Å². The number of hydrogen-bond acceptors (Lipinski definition) is 10. The maximum atomic E-state index is 10.3. The first kappa shape index (κ1) is 14.8. The van der Waals surface area contributed by atoms with Gasteiger partial charge in [0.1, 0.15) is 36.3 Å². The highest BCUT2D eigenvalue weighted by molar-refractivity contribution is 5.98. The van der Waals surface area contributed by atoms with Crippen molar-refractivity contribution in [2.75, 3.05) is 13.2 Å². The summed E-state index contributed by atoms with van der Waals surface area (Å²) in [5, 5.41) is 32.7. The van der Waals surface area contributed by atoms with Crippen molar-refractivity contribution in [2.45, 2.75) is 37.5 Å². The molecular formula is C13H20N6O4. The lowest BCUT2D eigenvalue weighted by atomic mass is 9.79. The normalized spacial score (nSPS) is 44.8. The second kappa shape index (κ2) is 4.89. The summed E-state index contributed by atoms with van der Waals surface area (Å²) in [5.74, 6) is 7.31. The summed E-state index contributed by atoms with van der Waals surface area (Å²) < 4.78 is 5.62. The van der Waals surface area contributed by atoms with E-state index >= 15 is 0 Å². The van der Waals surface area contributed by atoms with Crippen LogP contribution >= 0.6 is 0 Å². The summed E-state index contributed by atoms with van der Waals surface area (Å²) >= 11 is 0. The van der Waals surface area contributed by atoms with Gasteiger partial charge >= 0.3 is 0 Å². The minimum absolute atomic E-state index is 0.0831. The summed E-state index contributed by atoms with van der Waals surface area (Å²) in [5.41, 5.74) is 2.55. The van der Waals surface area contributed by atoms with Gasteiger partial charge in [-0.3, -0.25) is 15.4 Å². The number of aliphatic hydroxyl groups is 3. The molecule has 0 aliphatic carbocycles. The Morgan fingerprint density at radius 1 is 1.48 bits per heavy atom. The Hall–Kier alpha value is -1.72. The second-order valence-corrected chi connectivity index (χ2v) is 6.30. The predicted octanol–water partition coefficient (Wildman–Crippen LogP) is -2.91. The van der Waals surface area contributed by atoms with Gasteiger partial charge in [-0.15, -0.1) is 0 Å². The van der Waals surface area contributed by atoms with Crippen LogP contribution in [0.25, 0.3) is 0 Å². The van der Waals surface area contributed by atoms with E-state index in [0.29, 0.717) is 18.2 Å². The zero-order chi connectivity index (χ0) is 16.4. The molecule has 4 aliphatic rings. The molecule has 1 fully saturated rings. The van der Waals surface area contributed by atoms with Crippen molar-refractivity contribution in [2.24, 2.45) is 21.2 Å². The Bertz CT molecular complexity index is 609. The van der Waals surface area contributed by atoms with E-state index in [1.54, 1.807) is 10.0 Å².